The van der Waals surface area contributed by atoms with Gasteiger partial charge in [0.25, 0.3) is 0 Å². The minimum Gasteiger partial charge on any atom is -0.383 e. The summed E-state index contributed by atoms with van der Waals surface area (Å²) in [4.78, 5) is 4.09. The van der Waals surface area contributed by atoms with Crippen LogP contribution in [0, 0.1) is 5.92 Å². The molecule has 0 atom stereocenters. The zero-order valence-electron chi connectivity index (χ0n) is 10.2. The van der Waals surface area contributed by atoms with Gasteiger partial charge in [-0.2, -0.15) is 9.50 Å². The molecule has 0 aromatic carbocycles. The monoisotopic (exact) mass is 247 g/mol. The van der Waals surface area contributed by atoms with Crippen molar-refractivity contribution in [3.05, 3.63) is 17.7 Å². The molecule has 0 amide bonds. The number of rotatable bonds is 2. The molecule has 0 spiro atoms. The maximum absolute atomic E-state index is 6.12. The summed E-state index contributed by atoms with van der Waals surface area (Å²) in [6.45, 7) is 1.70. The number of fused-ring (bicyclic) bond motifs is 1. The van der Waals surface area contributed by atoms with E-state index in [0.717, 1.165) is 38.0 Å². The summed E-state index contributed by atoms with van der Waals surface area (Å²) >= 11 is 0. The van der Waals surface area contributed by atoms with Gasteiger partial charge in [-0.25, -0.2) is 0 Å². The van der Waals surface area contributed by atoms with Crippen LogP contribution in [0.1, 0.15) is 18.4 Å². The molecule has 0 radical (unpaired) electrons. The summed E-state index contributed by atoms with van der Waals surface area (Å²) in [7, 11) is 0. The fourth-order valence-electron chi connectivity index (χ4n) is 2.46. The molecule has 1 aliphatic rings. The molecule has 96 valence electrons. The molecule has 18 heavy (non-hydrogen) atoms. The summed E-state index contributed by atoms with van der Waals surface area (Å²) < 4.78 is 6.98. The molecule has 4 N–H and O–H groups in total. The van der Waals surface area contributed by atoms with Crippen LogP contribution in [0.2, 0.25) is 0 Å². The number of nitrogens with zero attached hydrogens (tertiary/aromatic N) is 3. The molecule has 0 saturated carbocycles. The highest BCUT2D eigenvalue weighted by atomic mass is 16.5. The van der Waals surface area contributed by atoms with Crippen molar-refractivity contribution in [1.82, 2.24) is 14.6 Å². The van der Waals surface area contributed by atoms with E-state index < -0.39 is 0 Å². The van der Waals surface area contributed by atoms with E-state index in [-0.39, 0.29) is 5.95 Å². The van der Waals surface area contributed by atoms with Crippen LogP contribution in [0.4, 0.5) is 11.8 Å². The number of ether oxygens (including phenoxy) is 1. The number of nitrogen functional groups attached to an aromatic ring is 2. The van der Waals surface area contributed by atoms with E-state index in [1.54, 1.807) is 4.52 Å². The average molecular weight is 247 g/mol. The van der Waals surface area contributed by atoms with Crippen LogP contribution in [-0.2, 0) is 11.2 Å². The minimum absolute atomic E-state index is 0.255. The van der Waals surface area contributed by atoms with Gasteiger partial charge in [-0.15, -0.1) is 5.10 Å². The molecule has 1 fully saturated rings. The Balaban J connectivity index is 1.89. The minimum atomic E-state index is 0.255. The van der Waals surface area contributed by atoms with Crippen LogP contribution in [0.25, 0.3) is 5.65 Å². The quantitative estimate of drug-likeness (QED) is 0.821. The third-order valence-corrected chi connectivity index (χ3v) is 3.49. The predicted octanol–water partition coefficient (Wildman–Crippen LogP) is 0.863. The largest absolute Gasteiger partial charge is 0.383 e. The van der Waals surface area contributed by atoms with Gasteiger partial charge in [0.05, 0.1) is 0 Å². The molecule has 0 aliphatic carbocycles. The number of nitrogens with two attached hydrogens (primary N) is 2. The lowest BCUT2D eigenvalue weighted by Crippen LogP contribution is -2.18. The molecule has 6 heteroatoms. The molecule has 1 saturated heterocycles. The second kappa shape index (κ2) is 4.45. The van der Waals surface area contributed by atoms with E-state index in [1.807, 2.05) is 12.1 Å². The standard InChI is InChI=1S/C12H17N5O/c13-11-9(7-8-3-5-18-6-4-8)1-2-10-15-12(14)16-17(10)11/h1-2,8H,3-7,13H2,(H2,14,16). The van der Waals surface area contributed by atoms with Crippen LogP contribution in [-0.4, -0.2) is 27.8 Å². The highest BCUT2D eigenvalue weighted by Gasteiger charge is 2.17. The van der Waals surface area contributed by atoms with Gasteiger partial charge in [-0.05, 0) is 36.8 Å². The van der Waals surface area contributed by atoms with E-state index in [9.17, 15) is 0 Å². The molecule has 0 bridgehead atoms. The molecular formula is C12H17N5O. The van der Waals surface area contributed by atoms with Crippen molar-refractivity contribution in [1.29, 1.82) is 0 Å². The van der Waals surface area contributed by atoms with E-state index >= 15 is 0 Å². The Hall–Kier alpha value is -1.82. The third kappa shape index (κ3) is 1.99. The topological polar surface area (TPSA) is 91.5 Å². The van der Waals surface area contributed by atoms with Crippen molar-refractivity contribution < 1.29 is 4.74 Å². The molecule has 0 unspecified atom stereocenters. The van der Waals surface area contributed by atoms with E-state index in [4.69, 9.17) is 16.2 Å². The van der Waals surface area contributed by atoms with Gasteiger partial charge in [0, 0.05) is 13.2 Å². The van der Waals surface area contributed by atoms with Crippen molar-refractivity contribution in [2.75, 3.05) is 24.7 Å². The number of hydrogen-bond acceptors (Lipinski definition) is 5. The number of anilines is 2. The second-order valence-electron chi connectivity index (χ2n) is 4.74. The maximum Gasteiger partial charge on any atom is 0.240 e. The SMILES string of the molecule is Nc1nc2ccc(CC3CCOCC3)c(N)n2n1. The molecular weight excluding hydrogens is 230 g/mol. The van der Waals surface area contributed by atoms with Gasteiger partial charge in [0.2, 0.25) is 5.95 Å². The summed E-state index contributed by atoms with van der Waals surface area (Å²) in [5.41, 5.74) is 13.5. The van der Waals surface area contributed by atoms with E-state index in [1.165, 1.54) is 0 Å². The fraction of sp³-hybridized carbons (Fsp3) is 0.500. The van der Waals surface area contributed by atoms with Gasteiger partial charge >= 0.3 is 0 Å². The fourth-order valence-corrected chi connectivity index (χ4v) is 2.46. The Morgan fingerprint density at radius 2 is 2.06 bits per heavy atom. The van der Waals surface area contributed by atoms with Gasteiger partial charge < -0.3 is 16.2 Å². The summed E-state index contributed by atoms with van der Waals surface area (Å²) in [5.74, 6) is 1.53. The molecule has 2 aromatic heterocycles. The third-order valence-electron chi connectivity index (χ3n) is 3.49. The number of hydrogen-bond donors (Lipinski definition) is 2. The van der Waals surface area contributed by atoms with Gasteiger partial charge in [-0.1, -0.05) is 6.07 Å². The number of pyridine rings is 1. The van der Waals surface area contributed by atoms with Crippen molar-refractivity contribution in [2.45, 2.75) is 19.3 Å². The predicted molar refractivity (Wildman–Crippen MR) is 69.1 cm³/mol. The Kier molecular flexibility index (Phi) is 2.79. The molecule has 3 heterocycles. The van der Waals surface area contributed by atoms with Crippen molar-refractivity contribution >= 4 is 17.4 Å². The first-order valence-electron chi connectivity index (χ1n) is 6.21. The Bertz CT molecular complexity index is 559. The van der Waals surface area contributed by atoms with E-state index in [0.29, 0.717) is 17.4 Å². The summed E-state index contributed by atoms with van der Waals surface area (Å²) in [5, 5.41) is 4.10. The Labute approximate surface area is 105 Å². The van der Waals surface area contributed by atoms with Crippen LogP contribution in [0.15, 0.2) is 12.1 Å². The number of aromatic nitrogens is 3. The van der Waals surface area contributed by atoms with Crippen LogP contribution < -0.4 is 11.5 Å². The normalized spacial score (nSPS) is 17.3. The van der Waals surface area contributed by atoms with Gasteiger partial charge in [0.1, 0.15) is 5.82 Å². The highest BCUT2D eigenvalue weighted by Crippen LogP contribution is 2.23. The molecule has 2 aromatic rings. The lowest BCUT2D eigenvalue weighted by atomic mass is 9.93. The van der Waals surface area contributed by atoms with Crippen LogP contribution in [0.3, 0.4) is 0 Å². The highest BCUT2D eigenvalue weighted by molar-refractivity contribution is 5.53. The van der Waals surface area contributed by atoms with Gasteiger partial charge in [0.15, 0.2) is 5.65 Å². The summed E-state index contributed by atoms with van der Waals surface area (Å²) in [6, 6.07) is 3.93. The first-order valence-corrected chi connectivity index (χ1v) is 6.21. The average Bonchev–Trinajstić information content (AvgIpc) is 2.76. The molecule has 1 aliphatic heterocycles. The lowest BCUT2D eigenvalue weighted by molar-refractivity contribution is 0.0665. The Morgan fingerprint density at radius 1 is 1.28 bits per heavy atom. The maximum atomic E-state index is 6.12. The Morgan fingerprint density at radius 3 is 2.83 bits per heavy atom. The van der Waals surface area contributed by atoms with Crippen LogP contribution in [0.5, 0.6) is 0 Å². The zero-order chi connectivity index (χ0) is 12.5. The second-order valence-corrected chi connectivity index (χ2v) is 4.74. The first-order chi connectivity index (χ1) is 8.74. The van der Waals surface area contributed by atoms with Gasteiger partial charge in [-0.3, -0.25) is 0 Å². The lowest BCUT2D eigenvalue weighted by Gasteiger charge is -2.22. The summed E-state index contributed by atoms with van der Waals surface area (Å²) in [6.07, 6.45) is 3.15. The molecule has 6 nitrogen and oxygen atoms in total. The van der Waals surface area contributed by atoms with E-state index in [2.05, 4.69) is 10.1 Å². The zero-order valence-corrected chi connectivity index (χ0v) is 10.2. The first kappa shape index (κ1) is 11.3. The molecule has 3 rings (SSSR count). The van der Waals surface area contributed by atoms with Crippen molar-refractivity contribution in [3.8, 4) is 0 Å². The smallest absolute Gasteiger partial charge is 0.240 e. The van der Waals surface area contributed by atoms with Crippen molar-refractivity contribution in [3.63, 3.8) is 0 Å². The van der Waals surface area contributed by atoms with Crippen LogP contribution >= 0.6 is 0 Å². The van der Waals surface area contributed by atoms with Crippen molar-refractivity contribution in [2.24, 2.45) is 5.92 Å².